The van der Waals surface area contributed by atoms with Crippen molar-refractivity contribution >= 4 is 0 Å². The second kappa shape index (κ2) is 7.85. The Labute approximate surface area is 180 Å². The quantitative estimate of drug-likeness (QED) is 0.484. The Morgan fingerprint density at radius 3 is 2.59 bits per heavy atom. The van der Waals surface area contributed by atoms with Crippen molar-refractivity contribution in [3.05, 3.63) is 23.3 Å². The first kappa shape index (κ1) is 21.7. The summed E-state index contributed by atoms with van der Waals surface area (Å²) in [6.07, 6.45) is 16.7. The highest BCUT2D eigenvalue weighted by Gasteiger charge is 2.57. The van der Waals surface area contributed by atoms with Crippen LogP contribution >= 0.6 is 0 Å². The molecule has 1 N–H and O–H groups in total. The van der Waals surface area contributed by atoms with E-state index in [1.54, 1.807) is 5.57 Å². The van der Waals surface area contributed by atoms with Gasteiger partial charge in [-0.15, -0.1) is 0 Å². The predicted octanol–water partition coefficient (Wildman–Crippen LogP) is 7.55. The fourth-order valence-corrected chi connectivity index (χ4v) is 8.58. The average Bonchev–Trinajstić information content (AvgIpc) is 3.03. The van der Waals surface area contributed by atoms with Crippen LogP contribution in [0.5, 0.6) is 0 Å². The van der Waals surface area contributed by atoms with E-state index in [1.807, 2.05) is 5.57 Å². The van der Waals surface area contributed by atoms with Crippen LogP contribution in [0.2, 0.25) is 0 Å². The second-order valence-electron chi connectivity index (χ2n) is 12.0. The highest BCUT2D eigenvalue weighted by atomic mass is 16.3. The molecule has 29 heavy (non-hydrogen) atoms. The summed E-state index contributed by atoms with van der Waals surface area (Å²) in [4.78, 5) is 0. The van der Waals surface area contributed by atoms with Gasteiger partial charge in [0.05, 0.1) is 6.10 Å². The number of hydrogen-bond donors (Lipinski definition) is 1. The second-order valence-corrected chi connectivity index (χ2v) is 12.0. The topological polar surface area (TPSA) is 20.2 Å². The van der Waals surface area contributed by atoms with Crippen LogP contribution in [0.15, 0.2) is 23.3 Å². The summed E-state index contributed by atoms with van der Waals surface area (Å²) in [6.45, 7) is 14.8. The minimum absolute atomic E-state index is 0.0451. The minimum Gasteiger partial charge on any atom is -0.393 e. The molecule has 0 bridgehead atoms. The molecule has 0 aliphatic heterocycles. The van der Waals surface area contributed by atoms with Gasteiger partial charge in [-0.3, -0.25) is 0 Å². The Balaban J connectivity index is 1.60. The van der Waals surface area contributed by atoms with Gasteiger partial charge in [0.25, 0.3) is 0 Å². The number of rotatable bonds is 4. The number of aliphatic hydroxyl groups excluding tert-OH is 1. The lowest BCUT2D eigenvalue weighted by molar-refractivity contribution is -0.0141. The summed E-state index contributed by atoms with van der Waals surface area (Å²) in [5.74, 6) is 4.65. The van der Waals surface area contributed by atoms with E-state index < -0.39 is 0 Å². The van der Waals surface area contributed by atoms with Crippen LogP contribution in [0.25, 0.3) is 0 Å². The monoisotopic (exact) mass is 398 g/mol. The molecule has 1 heteroatoms. The maximum atomic E-state index is 10.3. The molecule has 0 heterocycles. The number of fused-ring (bicyclic) bond motifs is 5. The van der Waals surface area contributed by atoms with Crippen LogP contribution < -0.4 is 0 Å². The van der Waals surface area contributed by atoms with Crippen LogP contribution in [0.1, 0.15) is 99.3 Å². The van der Waals surface area contributed by atoms with Crippen molar-refractivity contribution in [2.24, 2.45) is 46.3 Å². The van der Waals surface area contributed by atoms with Crippen molar-refractivity contribution in [1.82, 2.24) is 0 Å². The molecule has 0 aromatic carbocycles. The summed E-state index contributed by atoms with van der Waals surface area (Å²) < 4.78 is 0. The molecule has 4 aliphatic carbocycles. The fraction of sp³-hybridized carbons (Fsp3) is 0.857. The third-order valence-corrected chi connectivity index (χ3v) is 10.3. The van der Waals surface area contributed by atoms with Gasteiger partial charge >= 0.3 is 0 Å². The summed E-state index contributed by atoms with van der Waals surface area (Å²) in [5, 5.41) is 10.3. The number of allylic oxidation sites excluding steroid dienone is 4. The first-order chi connectivity index (χ1) is 13.7. The molecule has 3 saturated carbocycles. The normalized spacial score (nSPS) is 46.0. The van der Waals surface area contributed by atoms with Gasteiger partial charge in [-0.2, -0.15) is 0 Å². The van der Waals surface area contributed by atoms with Crippen molar-refractivity contribution < 1.29 is 5.11 Å². The predicted molar refractivity (Wildman–Crippen MR) is 124 cm³/mol. The van der Waals surface area contributed by atoms with E-state index in [-0.39, 0.29) is 6.10 Å². The fourth-order valence-electron chi connectivity index (χ4n) is 8.58. The van der Waals surface area contributed by atoms with E-state index in [0.29, 0.717) is 22.7 Å². The van der Waals surface area contributed by atoms with Gasteiger partial charge in [0, 0.05) is 0 Å². The molecule has 0 radical (unpaired) electrons. The molecule has 3 fully saturated rings. The molecule has 0 amide bonds. The Morgan fingerprint density at radius 2 is 1.90 bits per heavy atom. The lowest BCUT2D eigenvalue weighted by Gasteiger charge is -2.57. The zero-order chi connectivity index (χ0) is 21.0. The first-order valence-corrected chi connectivity index (χ1v) is 12.8. The molecular weight excluding hydrogens is 352 g/mol. The van der Waals surface area contributed by atoms with E-state index in [9.17, 15) is 5.11 Å². The lowest BCUT2D eigenvalue weighted by atomic mass is 9.48. The van der Waals surface area contributed by atoms with Crippen molar-refractivity contribution in [3.63, 3.8) is 0 Å². The molecule has 0 spiro atoms. The maximum absolute atomic E-state index is 10.3. The summed E-state index contributed by atoms with van der Waals surface area (Å²) >= 11 is 0. The van der Waals surface area contributed by atoms with Gasteiger partial charge in [-0.25, -0.2) is 0 Å². The summed E-state index contributed by atoms with van der Waals surface area (Å²) in [5.41, 5.74) is 4.34. The third kappa shape index (κ3) is 3.48. The molecule has 0 aromatic heterocycles. The zero-order valence-electron chi connectivity index (χ0n) is 20.0. The van der Waals surface area contributed by atoms with Gasteiger partial charge in [-0.1, -0.05) is 64.8 Å². The van der Waals surface area contributed by atoms with Crippen molar-refractivity contribution in [2.45, 2.75) is 105 Å². The van der Waals surface area contributed by atoms with Gasteiger partial charge < -0.3 is 5.11 Å². The largest absolute Gasteiger partial charge is 0.393 e. The van der Waals surface area contributed by atoms with E-state index in [0.717, 1.165) is 36.5 Å². The van der Waals surface area contributed by atoms with Gasteiger partial charge in [0.15, 0.2) is 0 Å². The van der Waals surface area contributed by atoms with Crippen LogP contribution in [-0.2, 0) is 0 Å². The lowest BCUT2D eigenvalue weighted by Crippen LogP contribution is -2.48. The van der Waals surface area contributed by atoms with Crippen LogP contribution in [0.3, 0.4) is 0 Å². The van der Waals surface area contributed by atoms with Crippen LogP contribution in [0, 0.1) is 46.3 Å². The van der Waals surface area contributed by atoms with Crippen molar-refractivity contribution in [3.8, 4) is 0 Å². The molecule has 8 atom stereocenters. The van der Waals surface area contributed by atoms with Gasteiger partial charge in [0.1, 0.15) is 0 Å². The average molecular weight is 399 g/mol. The minimum atomic E-state index is -0.0451. The molecule has 0 aromatic rings. The van der Waals surface area contributed by atoms with Crippen LogP contribution in [0.4, 0.5) is 0 Å². The zero-order valence-corrected chi connectivity index (χ0v) is 20.0. The highest BCUT2D eigenvalue weighted by Crippen LogP contribution is 2.66. The Bertz CT molecular complexity index is 672. The molecule has 0 saturated heterocycles. The Kier molecular flexibility index (Phi) is 5.86. The van der Waals surface area contributed by atoms with E-state index in [2.05, 4.69) is 53.7 Å². The third-order valence-electron chi connectivity index (χ3n) is 10.3. The highest BCUT2D eigenvalue weighted by molar-refractivity contribution is 5.29. The van der Waals surface area contributed by atoms with Crippen molar-refractivity contribution in [2.75, 3.05) is 0 Å². The molecular formula is C28H46O. The Hall–Kier alpha value is -0.560. The number of aliphatic hydroxyl groups is 1. The maximum Gasteiger partial charge on any atom is 0.0543 e. The van der Waals surface area contributed by atoms with E-state index in [4.69, 9.17) is 0 Å². The van der Waals surface area contributed by atoms with Crippen LogP contribution in [-0.4, -0.2) is 11.2 Å². The molecule has 1 nitrogen and oxygen atoms in total. The van der Waals surface area contributed by atoms with E-state index in [1.165, 1.54) is 44.9 Å². The standard InChI is InChI=1S/C28H46O/c1-7-20(18(2)3)16-19(4)24-10-11-25-23-9-8-21-17-22(29)12-14-27(21,5)26(23)13-15-28(24,25)6/h13,16,18-19,21-25,29H,7-12,14-15,17H2,1-6H3. The number of hydrogen-bond acceptors (Lipinski definition) is 1. The first-order valence-electron chi connectivity index (χ1n) is 12.8. The van der Waals surface area contributed by atoms with Gasteiger partial charge in [0.2, 0.25) is 0 Å². The van der Waals surface area contributed by atoms with Gasteiger partial charge in [-0.05, 0) is 104 Å². The molecule has 8 unspecified atom stereocenters. The molecule has 4 rings (SSSR count). The summed E-state index contributed by atoms with van der Waals surface area (Å²) in [6, 6.07) is 0. The Morgan fingerprint density at radius 1 is 1.14 bits per heavy atom. The SMILES string of the molecule is CCC(=CC(C)C1CCC2C3CCC4CC(O)CCC4(C)C3=CCC12C)C(C)C. The van der Waals surface area contributed by atoms with Crippen molar-refractivity contribution in [1.29, 1.82) is 0 Å². The summed E-state index contributed by atoms with van der Waals surface area (Å²) in [7, 11) is 0. The molecule has 4 aliphatic rings. The smallest absolute Gasteiger partial charge is 0.0543 e. The molecule has 164 valence electrons. The van der Waals surface area contributed by atoms with E-state index >= 15 is 0 Å².